The van der Waals surface area contributed by atoms with Gasteiger partial charge in [-0.1, -0.05) is 29.8 Å². The normalized spacial score (nSPS) is 21.4. The second-order valence-electron chi connectivity index (χ2n) is 5.69. The maximum atomic E-state index is 12.4. The molecular weight excluding hydrogens is 254 g/mol. The van der Waals surface area contributed by atoms with Crippen LogP contribution in [0.25, 0.3) is 0 Å². The molecule has 1 spiro atoms. The van der Waals surface area contributed by atoms with Crippen LogP contribution in [0.5, 0.6) is 0 Å². The van der Waals surface area contributed by atoms with Gasteiger partial charge in [0.25, 0.3) is 0 Å². The van der Waals surface area contributed by atoms with Crippen LogP contribution in [0.3, 0.4) is 0 Å². The van der Waals surface area contributed by atoms with E-state index in [9.17, 15) is 4.79 Å². The summed E-state index contributed by atoms with van der Waals surface area (Å²) in [5.74, 6) is -0.366. The molecule has 0 bridgehead atoms. The zero-order valence-electron chi connectivity index (χ0n) is 11.9. The SMILES string of the molecule is Cc1cccc(CC(=O)N2CCCC3(C2)OCCO3)c1. The fraction of sp³-hybridized carbons (Fsp3) is 0.562. The lowest BCUT2D eigenvalue weighted by atomic mass is 10.0. The van der Waals surface area contributed by atoms with Crippen LogP contribution in [-0.2, 0) is 20.7 Å². The van der Waals surface area contributed by atoms with E-state index < -0.39 is 5.79 Å². The molecule has 0 N–H and O–H groups in total. The minimum Gasteiger partial charge on any atom is -0.346 e. The van der Waals surface area contributed by atoms with E-state index in [1.807, 2.05) is 30.0 Å². The minimum absolute atomic E-state index is 0.161. The number of likely N-dealkylation sites (tertiary alicyclic amines) is 1. The van der Waals surface area contributed by atoms with Gasteiger partial charge >= 0.3 is 0 Å². The number of nitrogens with zero attached hydrogens (tertiary/aromatic N) is 1. The Labute approximate surface area is 119 Å². The maximum Gasteiger partial charge on any atom is 0.227 e. The summed E-state index contributed by atoms with van der Waals surface area (Å²) in [4.78, 5) is 14.3. The van der Waals surface area contributed by atoms with Crippen molar-refractivity contribution in [3.8, 4) is 0 Å². The summed E-state index contributed by atoms with van der Waals surface area (Å²) >= 11 is 0. The van der Waals surface area contributed by atoms with E-state index in [1.54, 1.807) is 0 Å². The molecule has 0 aliphatic carbocycles. The summed E-state index contributed by atoms with van der Waals surface area (Å²) in [5, 5.41) is 0. The third-order valence-electron chi connectivity index (χ3n) is 4.02. The van der Waals surface area contributed by atoms with Crippen LogP contribution < -0.4 is 0 Å². The van der Waals surface area contributed by atoms with E-state index in [1.165, 1.54) is 5.56 Å². The highest BCUT2D eigenvalue weighted by Crippen LogP contribution is 2.30. The van der Waals surface area contributed by atoms with Gasteiger partial charge in [-0.25, -0.2) is 0 Å². The van der Waals surface area contributed by atoms with E-state index in [0.717, 1.165) is 24.9 Å². The number of piperidine rings is 1. The summed E-state index contributed by atoms with van der Waals surface area (Å²) in [6, 6.07) is 8.12. The van der Waals surface area contributed by atoms with E-state index >= 15 is 0 Å². The molecule has 2 aliphatic heterocycles. The monoisotopic (exact) mass is 275 g/mol. The summed E-state index contributed by atoms with van der Waals surface area (Å²) in [6.45, 7) is 4.70. The third kappa shape index (κ3) is 2.86. The van der Waals surface area contributed by atoms with Gasteiger partial charge in [0.05, 0.1) is 26.2 Å². The van der Waals surface area contributed by atoms with Crippen LogP contribution in [0.4, 0.5) is 0 Å². The lowest BCUT2D eigenvalue weighted by Crippen LogP contribution is -2.51. The first kappa shape index (κ1) is 13.6. The van der Waals surface area contributed by atoms with Crippen molar-refractivity contribution in [2.24, 2.45) is 0 Å². The van der Waals surface area contributed by atoms with E-state index in [2.05, 4.69) is 6.07 Å². The van der Waals surface area contributed by atoms with Gasteiger partial charge in [-0.15, -0.1) is 0 Å². The standard InChI is InChI=1S/C16H21NO3/c1-13-4-2-5-14(10-13)11-15(18)17-7-3-6-16(12-17)19-8-9-20-16/h2,4-5,10H,3,6-9,11-12H2,1H3. The predicted molar refractivity (Wildman–Crippen MR) is 75.3 cm³/mol. The number of ether oxygens (including phenoxy) is 2. The number of carbonyl (C=O) groups is 1. The number of aryl methyl sites for hydroxylation is 1. The first-order valence-corrected chi connectivity index (χ1v) is 7.28. The van der Waals surface area contributed by atoms with Crippen LogP contribution in [0.1, 0.15) is 24.0 Å². The largest absolute Gasteiger partial charge is 0.346 e. The van der Waals surface area contributed by atoms with E-state index in [0.29, 0.717) is 26.2 Å². The molecule has 1 aromatic carbocycles. The molecule has 4 heteroatoms. The molecule has 0 aromatic heterocycles. The van der Waals surface area contributed by atoms with Gasteiger partial charge in [0.2, 0.25) is 5.91 Å². The van der Waals surface area contributed by atoms with Crippen LogP contribution in [-0.4, -0.2) is 42.9 Å². The number of rotatable bonds is 2. The maximum absolute atomic E-state index is 12.4. The van der Waals surface area contributed by atoms with Crippen molar-refractivity contribution in [3.63, 3.8) is 0 Å². The Hall–Kier alpha value is -1.39. The average molecular weight is 275 g/mol. The topological polar surface area (TPSA) is 38.8 Å². The molecule has 0 atom stereocenters. The number of hydrogen-bond acceptors (Lipinski definition) is 3. The van der Waals surface area contributed by atoms with Gasteiger partial charge in [-0.05, 0) is 18.9 Å². The molecule has 2 heterocycles. The number of hydrogen-bond donors (Lipinski definition) is 0. The fourth-order valence-corrected chi connectivity index (χ4v) is 3.04. The molecule has 0 saturated carbocycles. The lowest BCUT2D eigenvalue weighted by molar-refractivity contribution is -0.192. The Kier molecular flexibility index (Phi) is 3.76. The molecule has 0 radical (unpaired) electrons. The third-order valence-corrected chi connectivity index (χ3v) is 4.02. The van der Waals surface area contributed by atoms with Crippen molar-refractivity contribution in [1.29, 1.82) is 0 Å². The smallest absolute Gasteiger partial charge is 0.227 e. The number of benzene rings is 1. The first-order valence-electron chi connectivity index (χ1n) is 7.28. The number of carbonyl (C=O) groups excluding carboxylic acids is 1. The Morgan fingerprint density at radius 1 is 1.35 bits per heavy atom. The van der Waals surface area contributed by atoms with Crippen molar-refractivity contribution < 1.29 is 14.3 Å². The van der Waals surface area contributed by atoms with Crippen LogP contribution in [0.2, 0.25) is 0 Å². The van der Waals surface area contributed by atoms with Crippen molar-refractivity contribution in [3.05, 3.63) is 35.4 Å². The van der Waals surface area contributed by atoms with Gasteiger partial charge in [-0.2, -0.15) is 0 Å². The average Bonchev–Trinajstić information content (AvgIpc) is 2.87. The van der Waals surface area contributed by atoms with Crippen molar-refractivity contribution in [1.82, 2.24) is 4.90 Å². The summed E-state index contributed by atoms with van der Waals surface area (Å²) in [5.41, 5.74) is 2.26. The van der Waals surface area contributed by atoms with Crippen LogP contribution in [0, 0.1) is 6.92 Å². The van der Waals surface area contributed by atoms with Crippen molar-refractivity contribution in [2.45, 2.75) is 32.0 Å². The summed E-state index contributed by atoms with van der Waals surface area (Å²) < 4.78 is 11.4. The van der Waals surface area contributed by atoms with Crippen LogP contribution in [0.15, 0.2) is 24.3 Å². The predicted octanol–water partition coefficient (Wildman–Crippen LogP) is 1.90. The molecule has 2 fully saturated rings. The van der Waals surface area contributed by atoms with E-state index in [-0.39, 0.29) is 5.91 Å². The Balaban J connectivity index is 1.65. The van der Waals surface area contributed by atoms with Gasteiger partial charge in [0.1, 0.15) is 0 Å². The highest BCUT2D eigenvalue weighted by Gasteiger charge is 2.41. The quantitative estimate of drug-likeness (QED) is 0.827. The fourth-order valence-electron chi connectivity index (χ4n) is 3.04. The molecule has 4 nitrogen and oxygen atoms in total. The lowest BCUT2D eigenvalue weighted by Gasteiger charge is -2.38. The zero-order valence-corrected chi connectivity index (χ0v) is 11.9. The second-order valence-corrected chi connectivity index (χ2v) is 5.69. The Morgan fingerprint density at radius 2 is 2.15 bits per heavy atom. The number of amides is 1. The molecule has 1 amide bonds. The van der Waals surface area contributed by atoms with Crippen LogP contribution >= 0.6 is 0 Å². The molecular formula is C16H21NO3. The summed E-state index contributed by atoms with van der Waals surface area (Å²) in [7, 11) is 0. The molecule has 20 heavy (non-hydrogen) atoms. The summed E-state index contributed by atoms with van der Waals surface area (Å²) in [6.07, 6.45) is 2.29. The molecule has 3 rings (SSSR count). The van der Waals surface area contributed by atoms with Gasteiger partial charge in [0, 0.05) is 13.0 Å². The van der Waals surface area contributed by atoms with Gasteiger partial charge < -0.3 is 14.4 Å². The molecule has 2 aliphatic rings. The molecule has 2 saturated heterocycles. The van der Waals surface area contributed by atoms with Gasteiger partial charge in [-0.3, -0.25) is 4.79 Å². The molecule has 1 aromatic rings. The highest BCUT2D eigenvalue weighted by atomic mass is 16.7. The van der Waals surface area contributed by atoms with Crippen molar-refractivity contribution in [2.75, 3.05) is 26.3 Å². The van der Waals surface area contributed by atoms with Gasteiger partial charge in [0.15, 0.2) is 5.79 Å². The Morgan fingerprint density at radius 3 is 2.90 bits per heavy atom. The highest BCUT2D eigenvalue weighted by molar-refractivity contribution is 5.79. The van der Waals surface area contributed by atoms with Crippen molar-refractivity contribution >= 4 is 5.91 Å². The molecule has 0 unspecified atom stereocenters. The second kappa shape index (κ2) is 5.54. The zero-order chi connectivity index (χ0) is 14.0. The van der Waals surface area contributed by atoms with E-state index in [4.69, 9.17) is 9.47 Å². The Bertz CT molecular complexity index is 494. The molecule has 108 valence electrons. The minimum atomic E-state index is -0.527. The first-order chi connectivity index (χ1) is 9.67.